The molecule has 74 valence electrons. The van der Waals surface area contributed by atoms with E-state index in [1.54, 1.807) is 0 Å². The van der Waals surface area contributed by atoms with Gasteiger partial charge in [-0.05, 0) is 25.3 Å². The quantitative estimate of drug-likeness (QED) is 0.715. The summed E-state index contributed by atoms with van der Waals surface area (Å²) in [6.07, 6.45) is 2.12. The highest BCUT2D eigenvalue weighted by Crippen LogP contribution is 2.12. The molecule has 1 aromatic carbocycles. The van der Waals surface area contributed by atoms with Gasteiger partial charge in [-0.1, -0.05) is 30.3 Å². The first-order chi connectivity index (χ1) is 6.84. The van der Waals surface area contributed by atoms with Crippen molar-refractivity contribution in [2.75, 3.05) is 6.61 Å². The summed E-state index contributed by atoms with van der Waals surface area (Å²) in [5.74, 6) is 0. The predicted octanol–water partition coefficient (Wildman–Crippen LogP) is 2.44. The fourth-order valence-electron chi connectivity index (χ4n) is 1.62. The van der Waals surface area contributed by atoms with Crippen LogP contribution in [0.4, 0.5) is 0 Å². The van der Waals surface area contributed by atoms with Crippen LogP contribution >= 0.6 is 0 Å². The number of aliphatic imine (C=N–C) groups is 1. The lowest BCUT2D eigenvalue weighted by Crippen LogP contribution is -2.05. The minimum absolute atomic E-state index is 0.0928. The summed E-state index contributed by atoms with van der Waals surface area (Å²) >= 11 is 0. The van der Waals surface area contributed by atoms with Crippen molar-refractivity contribution in [3.05, 3.63) is 35.9 Å². The molecular formula is C12H15NO. The van der Waals surface area contributed by atoms with E-state index in [4.69, 9.17) is 4.74 Å². The molecule has 14 heavy (non-hydrogen) atoms. The van der Waals surface area contributed by atoms with Gasteiger partial charge in [-0.3, -0.25) is 4.99 Å². The van der Waals surface area contributed by atoms with Crippen molar-refractivity contribution in [3.8, 4) is 0 Å². The zero-order valence-electron chi connectivity index (χ0n) is 8.44. The Hall–Kier alpha value is -1.15. The Labute approximate surface area is 84.6 Å². The number of ether oxygens (including phenoxy) is 1. The molecule has 0 amide bonds. The van der Waals surface area contributed by atoms with Gasteiger partial charge >= 0.3 is 0 Å². The van der Waals surface area contributed by atoms with Gasteiger partial charge in [0.1, 0.15) is 6.23 Å². The summed E-state index contributed by atoms with van der Waals surface area (Å²) in [4.78, 5) is 4.40. The number of hydrogen-bond donors (Lipinski definition) is 0. The van der Waals surface area contributed by atoms with Gasteiger partial charge in [0.25, 0.3) is 0 Å². The SMILES string of the molecule is CC1=NC(CCc2ccccc2)OC1. The summed E-state index contributed by atoms with van der Waals surface area (Å²) in [7, 11) is 0. The molecule has 0 fully saturated rings. The molecule has 2 heteroatoms. The van der Waals surface area contributed by atoms with Crippen LogP contribution in [0.2, 0.25) is 0 Å². The van der Waals surface area contributed by atoms with Crippen LogP contribution in [-0.4, -0.2) is 18.5 Å². The summed E-state index contributed by atoms with van der Waals surface area (Å²) in [5, 5.41) is 0. The second kappa shape index (κ2) is 4.38. The van der Waals surface area contributed by atoms with Gasteiger partial charge in [-0.15, -0.1) is 0 Å². The predicted molar refractivity (Wildman–Crippen MR) is 57.6 cm³/mol. The minimum Gasteiger partial charge on any atom is -0.351 e. The summed E-state index contributed by atoms with van der Waals surface area (Å²) < 4.78 is 5.48. The molecule has 1 aliphatic rings. The highest BCUT2D eigenvalue weighted by Gasteiger charge is 2.14. The first-order valence-electron chi connectivity index (χ1n) is 5.03. The Morgan fingerprint density at radius 1 is 1.36 bits per heavy atom. The van der Waals surface area contributed by atoms with E-state index in [1.165, 1.54) is 5.56 Å². The van der Waals surface area contributed by atoms with Gasteiger partial charge in [0.15, 0.2) is 0 Å². The van der Waals surface area contributed by atoms with E-state index in [1.807, 2.05) is 13.0 Å². The molecule has 0 saturated carbocycles. The van der Waals surface area contributed by atoms with Crippen LogP contribution in [0.5, 0.6) is 0 Å². The van der Waals surface area contributed by atoms with Crippen LogP contribution in [0.1, 0.15) is 18.9 Å². The smallest absolute Gasteiger partial charge is 0.149 e. The Morgan fingerprint density at radius 3 is 2.79 bits per heavy atom. The lowest BCUT2D eigenvalue weighted by molar-refractivity contribution is 0.102. The van der Waals surface area contributed by atoms with Crippen molar-refractivity contribution in [1.82, 2.24) is 0 Å². The molecule has 2 nitrogen and oxygen atoms in total. The molecule has 0 saturated heterocycles. The van der Waals surface area contributed by atoms with Gasteiger partial charge in [-0.25, -0.2) is 0 Å². The number of rotatable bonds is 3. The molecule has 0 spiro atoms. The Bertz CT molecular complexity index is 318. The van der Waals surface area contributed by atoms with E-state index < -0.39 is 0 Å². The first-order valence-corrected chi connectivity index (χ1v) is 5.03. The molecule has 1 unspecified atom stereocenters. The van der Waals surface area contributed by atoms with E-state index in [9.17, 15) is 0 Å². The molecular weight excluding hydrogens is 174 g/mol. The molecule has 1 aromatic rings. The van der Waals surface area contributed by atoms with E-state index in [2.05, 4.69) is 29.3 Å². The van der Waals surface area contributed by atoms with Gasteiger partial charge in [0.05, 0.1) is 6.61 Å². The average Bonchev–Trinajstić information content (AvgIpc) is 2.63. The topological polar surface area (TPSA) is 21.6 Å². The van der Waals surface area contributed by atoms with Crippen LogP contribution in [0.15, 0.2) is 35.3 Å². The van der Waals surface area contributed by atoms with Crippen molar-refractivity contribution in [2.45, 2.75) is 26.0 Å². The standard InChI is InChI=1S/C12H15NO/c1-10-9-14-12(13-10)8-7-11-5-3-2-4-6-11/h2-6,12H,7-9H2,1H3. The van der Waals surface area contributed by atoms with Crippen molar-refractivity contribution < 1.29 is 4.74 Å². The van der Waals surface area contributed by atoms with Gasteiger partial charge in [0.2, 0.25) is 0 Å². The lowest BCUT2D eigenvalue weighted by Gasteiger charge is -2.06. The molecule has 1 aliphatic heterocycles. The van der Waals surface area contributed by atoms with Crippen LogP contribution in [0, 0.1) is 0 Å². The largest absolute Gasteiger partial charge is 0.351 e. The van der Waals surface area contributed by atoms with E-state index in [-0.39, 0.29) is 6.23 Å². The van der Waals surface area contributed by atoms with Crippen LogP contribution < -0.4 is 0 Å². The molecule has 0 bridgehead atoms. The van der Waals surface area contributed by atoms with E-state index in [0.717, 1.165) is 18.6 Å². The van der Waals surface area contributed by atoms with Crippen molar-refractivity contribution in [3.63, 3.8) is 0 Å². The summed E-state index contributed by atoms with van der Waals surface area (Å²) in [6.45, 7) is 2.72. The van der Waals surface area contributed by atoms with Crippen LogP contribution in [0.25, 0.3) is 0 Å². The third-order valence-corrected chi connectivity index (χ3v) is 2.37. The maximum atomic E-state index is 5.48. The maximum Gasteiger partial charge on any atom is 0.149 e. The molecule has 0 aliphatic carbocycles. The van der Waals surface area contributed by atoms with Crippen LogP contribution in [0.3, 0.4) is 0 Å². The highest BCUT2D eigenvalue weighted by atomic mass is 16.5. The fraction of sp³-hybridized carbons (Fsp3) is 0.417. The zero-order chi connectivity index (χ0) is 9.80. The van der Waals surface area contributed by atoms with Crippen molar-refractivity contribution in [2.24, 2.45) is 4.99 Å². The van der Waals surface area contributed by atoms with E-state index in [0.29, 0.717) is 6.61 Å². The van der Waals surface area contributed by atoms with Gasteiger partial charge < -0.3 is 4.74 Å². The summed E-state index contributed by atoms with van der Waals surface area (Å²) in [5.41, 5.74) is 2.47. The minimum atomic E-state index is 0.0928. The maximum absolute atomic E-state index is 5.48. The normalized spacial score (nSPS) is 20.9. The van der Waals surface area contributed by atoms with Crippen LogP contribution in [-0.2, 0) is 11.2 Å². The van der Waals surface area contributed by atoms with Gasteiger partial charge in [0, 0.05) is 5.71 Å². The number of benzene rings is 1. The molecule has 0 radical (unpaired) electrons. The molecule has 0 aromatic heterocycles. The zero-order valence-corrected chi connectivity index (χ0v) is 8.44. The van der Waals surface area contributed by atoms with Crippen molar-refractivity contribution in [1.29, 1.82) is 0 Å². The third kappa shape index (κ3) is 2.42. The molecule has 0 N–H and O–H groups in total. The van der Waals surface area contributed by atoms with Crippen molar-refractivity contribution >= 4 is 5.71 Å². The molecule has 1 atom stereocenters. The molecule has 2 rings (SSSR count). The first kappa shape index (κ1) is 9.41. The third-order valence-electron chi connectivity index (χ3n) is 2.37. The lowest BCUT2D eigenvalue weighted by atomic mass is 10.1. The average molecular weight is 189 g/mol. The highest BCUT2D eigenvalue weighted by molar-refractivity contribution is 5.84. The van der Waals surface area contributed by atoms with E-state index >= 15 is 0 Å². The Morgan fingerprint density at radius 2 is 2.14 bits per heavy atom. The monoisotopic (exact) mass is 189 g/mol. The number of nitrogens with zero attached hydrogens (tertiary/aromatic N) is 1. The molecule has 1 heterocycles. The second-order valence-electron chi connectivity index (χ2n) is 3.65. The van der Waals surface area contributed by atoms with Gasteiger partial charge in [-0.2, -0.15) is 0 Å². The Balaban J connectivity index is 1.84. The summed E-state index contributed by atoms with van der Waals surface area (Å²) in [6, 6.07) is 10.5. The number of aryl methyl sites for hydroxylation is 1. The fourth-order valence-corrected chi connectivity index (χ4v) is 1.62. The second-order valence-corrected chi connectivity index (χ2v) is 3.65. The number of hydrogen-bond acceptors (Lipinski definition) is 2. The Kier molecular flexibility index (Phi) is 2.94.